The minimum absolute atomic E-state index is 0.192. The van der Waals surface area contributed by atoms with Crippen LogP contribution in [0.25, 0.3) is 0 Å². The maximum Gasteiger partial charge on any atom is 0.0547 e. The monoisotopic (exact) mass is 160 g/mol. The zero-order valence-corrected chi connectivity index (χ0v) is 7.84. The standard InChI is InChI=1S/C9H20O2/c1-4-7-11-9(3)6-5-8(2)10/h8-10H,4-7H2,1-3H3/t8-,9+/m1/s1. The van der Waals surface area contributed by atoms with Crippen LogP contribution in [0.3, 0.4) is 0 Å². The van der Waals surface area contributed by atoms with E-state index in [9.17, 15) is 0 Å². The third kappa shape index (κ3) is 7.82. The Hall–Kier alpha value is -0.0800. The molecular weight excluding hydrogens is 140 g/mol. The van der Waals surface area contributed by atoms with Crippen molar-refractivity contribution in [3.05, 3.63) is 0 Å². The second-order valence-electron chi connectivity index (χ2n) is 3.11. The molecule has 1 N–H and O–H groups in total. The van der Waals surface area contributed by atoms with Crippen LogP contribution in [-0.4, -0.2) is 23.9 Å². The van der Waals surface area contributed by atoms with E-state index in [1.807, 2.05) is 6.92 Å². The fourth-order valence-electron chi connectivity index (χ4n) is 0.878. The smallest absolute Gasteiger partial charge is 0.0547 e. The molecule has 0 heterocycles. The van der Waals surface area contributed by atoms with Crippen LogP contribution in [0.5, 0.6) is 0 Å². The predicted molar refractivity (Wildman–Crippen MR) is 46.6 cm³/mol. The van der Waals surface area contributed by atoms with E-state index in [0.717, 1.165) is 25.9 Å². The van der Waals surface area contributed by atoms with E-state index in [1.165, 1.54) is 0 Å². The first-order chi connectivity index (χ1) is 5.16. The van der Waals surface area contributed by atoms with Gasteiger partial charge in [-0.2, -0.15) is 0 Å². The number of hydrogen-bond donors (Lipinski definition) is 1. The van der Waals surface area contributed by atoms with E-state index in [2.05, 4.69) is 13.8 Å². The maximum absolute atomic E-state index is 8.97. The molecule has 0 saturated carbocycles. The molecule has 0 radical (unpaired) electrons. The van der Waals surface area contributed by atoms with Crippen LogP contribution in [0.15, 0.2) is 0 Å². The zero-order valence-electron chi connectivity index (χ0n) is 7.84. The molecule has 0 aliphatic rings. The first-order valence-corrected chi connectivity index (χ1v) is 4.46. The van der Waals surface area contributed by atoms with Crippen molar-refractivity contribution in [1.29, 1.82) is 0 Å². The van der Waals surface area contributed by atoms with E-state index in [0.29, 0.717) is 6.10 Å². The normalized spacial score (nSPS) is 16.4. The molecule has 0 fully saturated rings. The van der Waals surface area contributed by atoms with Crippen molar-refractivity contribution in [1.82, 2.24) is 0 Å². The Morgan fingerprint density at radius 3 is 2.36 bits per heavy atom. The Kier molecular flexibility index (Phi) is 6.57. The van der Waals surface area contributed by atoms with Crippen molar-refractivity contribution in [2.24, 2.45) is 0 Å². The Morgan fingerprint density at radius 1 is 1.27 bits per heavy atom. The summed E-state index contributed by atoms with van der Waals surface area (Å²) in [6, 6.07) is 0. The molecule has 68 valence electrons. The summed E-state index contributed by atoms with van der Waals surface area (Å²) in [5, 5.41) is 8.97. The molecule has 0 rings (SSSR count). The molecule has 0 aliphatic carbocycles. The first kappa shape index (κ1) is 10.9. The molecule has 2 nitrogen and oxygen atoms in total. The van der Waals surface area contributed by atoms with E-state index in [1.54, 1.807) is 0 Å². The minimum atomic E-state index is -0.192. The predicted octanol–water partition coefficient (Wildman–Crippen LogP) is 1.96. The van der Waals surface area contributed by atoms with Crippen molar-refractivity contribution >= 4 is 0 Å². The molecule has 0 amide bonds. The van der Waals surface area contributed by atoms with Gasteiger partial charge in [0.05, 0.1) is 12.2 Å². The highest BCUT2D eigenvalue weighted by atomic mass is 16.5. The van der Waals surface area contributed by atoms with Gasteiger partial charge < -0.3 is 9.84 Å². The van der Waals surface area contributed by atoms with Gasteiger partial charge in [0.15, 0.2) is 0 Å². The summed E-state index contributed by atoms with van der Waals surface area (Å²) in [7, 11) is 0. The largest absolute Gasteiger partial charge is 0.393 e. The van der Waals surface area contributed by atoms with E-state index in [4.69, 9.17) is 9.84 Å². The highest BCUT2D eigenvalue weighted by Gasteiger charge is 2.03. The zero-order chi connectivity index (χ0) is 8.69. The molecule has 0 bridgehead atoms. The molecule has 0 aliphatic heterocycles. The molecule has 2 atom stereocenters. The topological polar surface area (TPSA) is 29.5 Å². The summed E-state index contributed by atoms with van der Waals surface area (Å²) < 4.78 is 5.43. The third-order valence-electron chi connectivity index (χ3n) is 1.60. The average molecular weight is 160 g/mol. The maximum atomic E-state index is 8.97. The third-order valence-corrected chi connectivity index (χ3v) is 1.60. The number of rotatable bonds is 6. The van der Waals surface area contributed by atoms with Gasteiger partial charge in [0.1, 0.15) is 0 Å². The lowest BCUT2D eigenvalue weighted by atomic mass is 10.1. The highest BCUT2D eigenvalue weighted by molar-refractivity contribution is 4.54. The van der Waals surface area contributed by atoms with Crippen LogP contribution >= 0.6 is 0 Å². The van der Waals surface area contributed by atoms with Gasteiger partial charge in [0.25, 0.3) is 0 Å². The molecule has 0 aromatic rings. The van der Waals surface area contributed by atoms with Gasteiger partial charge in [0, 0.05) is 6.61 Å². The van der Waals surface area contributed by atoms with Gasteiger partial charge in [-0.05, 0) is 33.1 Å². The van der Waals surface area contributed by atoms with Crippen LogP contribution in [-0.2, 0) is 4.74 Å². The van der Waals surface area contributed by atoms with Crippen molar-refractivity contribution in [3.63, 3.8) is 0 Å². The van der Waals surface area contributed by atoms with Gasteiger partial charge in [-0.1, -0.05) is 6.92 Å². The molecule has 0 saturated heterocycles. The summed E-state index contributed by atoms with van der Waals surface area (Å²) in [5.74, 6) is 0. The Balaban J connectivity index is 3.15. The molecule has 0 aromatic heterocycles. The molecule has 2 heteroatoms. The number of ether oxygens (including phenoxy) is 1. The second-order valence-corrected chi connectivity index (χ2v) is 3.11. The number of hydrogen-bond acceptors (Lipinski definition) is 2. The van der Waals surface area contributed by atoms with Crippen LogP contribution in [0, 0.1) is 0 Å². The summed E-state index contributed by atoms with van der Waals surface area (Å²) in [6.45, 7) is 6.80. The highest BCUT2D eigenvalue weighted by Crippen LogP contribution is 2.04. The molecule has 0 aromatic carbocycles. The number of aliphatic hydroxyl groups is 1. The SMILES string of the molecule is CCCO[C@@H](C)CC[C@@H](C)O. The van der Waals surface area contributed by atoms with Crippen molar-refractivity contribution in [3.8, 4) is 0 Å². The molecule has 0 unspecified atom stereocenters. The summed E-state index contributed by atoms with van der Waals surface area (Å²) in [6.07, 6.45) is 2.97. The van der Waals surface area contributed by atoms with Crippen LogP contribution in [0.4, 0.5) is 0 Å². The quantitative estimate of drug-likeness (QED) is 0.643. The first-order valence-electron chi connectivity index (χ1n) is 4.46. The van der Waals surface area contributed by atoms with Gasteiger partial charge in [-0.25, -0.2) is 0 Å². The van der Waals surface area contributed by atoms with Gasteiger partial charge in [-0.3, -0.25) is 0 Å². The van der Waals surface area contributed by atoms with Crippen molar-refractivity contribution < 1.29 is 9.84 Å². The fourth-order valence-corrected chi connectivity index (χ4v) is 0.878. The summed E-state index contributed by atoms with van der Waals surface area (Å²) >= 11 is 0. The fraction of sp³-hybridized carbons (Fsp3) is 1.00. The van der Waals surface area contributed by atoms with E-state index >= 15 is 0 Å². The van der Waals surface area contributed by atoms with Crippen molar-refractivity contribution in [2.45, 2.75) is 52.2 Å². The van der Waals surface area contributed by atoms with Gasteiger partial charge >= 0.3 is 0 Å². The minimum Gasteiger partial charge on any atom is -0.393 e. The summed E-state index contributed by atoms with van der Waals surface area (Å²) in [4.78, 5) is 0. The average Bonchev–Trinajstić information content (AvgIpc) is 1.97. The molecule has 11 heavy (non-hydrogen) atoms. The lowest BCUT2D eigenvalue weighted by Gasteiger charge is -2.12. The van der Waals surface area contributed by atoms with E-state index in [-0.39, 0.29) is 6.10 Å². The van der Waals surface area contributed by atoms with Gasteiger partial charge in [-0.15, -0.1) is 0 Å². The molecular formula is C9H20O2. The second kappa shape index (κ2) is 6.62. The lowest BCUT2D eigenvalue weighted by molar-refractivity contribution is 0.0489. The van der Waals surface area contributed by atoms with E-state index < -0.39 is 0 Å². The Bertz CT molecular complexity index is 81.6. The Morgan fingerprint density at radius 2 is 1.91 bits per heavy atom. The Labute approximate surface area is 69.6 Å². The van der Waals surface area contributed by atoms with Crippen LogP contribution in [0.1, 0.15) is 40.0 Å². The lowest BCUT2D eigenvalue weighted by Crippen LogP contribution is -2.12. The summed E-state index contributed by atoms with van der Waals surface area (Å²) in [5.41, 5.74) is 0. The number of aliphatic hydroxyl groups excluding tert-OH is 1. The van der Waals surface area contributed by atoms with Crippen molar-refractivity contribution in [2.75, 3.05) is 6.61 Å². The van der Waals surface area contributed by atoms with Crippen LogP contribution < -0.4 is 0 Å². The van der Waals surface area contributed by atoms with Crippen LogP contribution in [0.2, 0.25) is 0 Å². The molecule has 0 spiro atoms. The van der Waals surface area contributed by atoms with Gasteiger partial charge in [0.2, 0.25) is 0 Å².